The van der Waals surface area contributed by atoms with E-state index < -0.39 is 28.4 Å². The van der Waals surface area contributed by atoms with Crippen molar-refractivity contribution in [1.29, 1.82) is 0 Å². The van der Waals surface area contributed by atoms with Crippen LogP contribution < -0.4 is 10.6 Å². The van der Waals surface area contributed by atoms with E-state index in [2.05, 4.69) is 42.5 Å². The van der Waals surface area contributed by atoms with Crippen LogP contribution in [0.2, 0.25) is 0 Å². The molecule has 0 bridgehead atoms. The minimum Gasteiger partial charge on any atom is -0.464 e. The zero-order valence-electron chi connectivity index (χ0n) is 17.9. The maximum atomic E-state index is 13.1. The molecular formula is C21H21Br2F2N3O5. The molecule has 33 heavy (non-hydrogen) atoms. The third-order valence-corrected chi connectivity index (χ3v) is 5.94. The molecule has 2 aromatic rings. The number of hydrogen-bond donors (Lipinski definition) is 2. The van der Waals surface area contributed by atoms with E-state index in [9.17, 15) is 28.5 Å². The fourth-order valence-electron chi connectivity index (χ4n) is 2.97. The molecule has 1 aliphatic heterocycles. The first-order chi connectivity index (χ1) is 15.4. The molecule has 1 heterocycles. The Bertz CT molecular complexity index is 1080. The van der Waals surface area contributed by atoms with Gasteiger partial charge in [-0.15, -0.1) is 0 Å². The summed E-state index contributed by atoms with van der Waals surface area (Å²) in [4.78, 5) is 32.9. The molecule has 0 radical (unpaired) electrons. The number of nitrogens with one attached hydrogen (secondary N) is 2. The van der Waals surface area contributed by atoms with Crippen molar-refractivity contribution in [2.45, 2.75) is 33.2 Å². The van der Waals surface area contributed by atoms with Crippen LogP contribution in [0.1, 0.15) is 26.3 Å². The Hall–Kier alpha value is -2.60. The smallest absolute Gasteiger partial charge is 0.328 e. The van der Waals surface area contributed by atoms with E-state index in [-0.39, 0.29) is 34.4 Å². The van der Waals surface area contributed by atoms with Crippen molar-refractivity contribution in [3.63, 3.8) is 0 Å². The van der Waals surface area contributed by atoms with E-state index in [0.717, 1.165) is 22.2 Å². The van der Waals surface area contributed by atoms with Crippen molar-refractivity contribution in [2.75, 3.05) is 17.2 Å². The molecule has 8 nitrogen and oxygen atoms in total. The van der Waals surface area contributed by atoms with Crippen molar-refractivity contribution in [3.05, 3.63) is 60.5 Å². The lowest BCUT2D eigenvalue weighted by molar-refractivity contribution is -0.384. The number of hydrogen-bond acceptors (Lipinski definition) is 6. The first-order valence-electron chi connectivity index (χ1n) is 9.79. The second kappa shape index (κ2) is 11.5. The van der Waals surface area contributed by atoms with Gasteiger partial charge in [0.15, 0.2) is 0 Å². The van der Waals surface area contributed by atoms with Gasteiger partial charge in [-0.1, -0.05) is 22.9 Å². The summed E-state index contributed by atoms with van der Waals surface area (Å²) in [5.74, 6) is -1.73. The number of nitrogens with zero attached hydrogens (tertiary/aromatic N) is 1. The number of rotatable bonds is 5. The molecule has 0 spiro atoms. The van der Waals surface area contributed by atoms with Gasteiger partial charge in [-0.3, -0.25) is 14.9 Å². The molecule has 0 aliphatic carbocycles. The van der Waals surface area contributed by atoms with Gasteiger partial charge in [0.1, 0.15) is 23.4 Å². The van der Waals surface area contributed by atoms with E-state index in [4.69, 9.17) is 4.74 Å². The molecular weight excluding hydrogens is 572 g/mol. The normalized spacial score (nSPS) is 15.4. The average Bonchev–Trinajstić information content (AvgIpc) is 2.71. The number of nitro groups is 1. The van der Waals surface area contributed by atoms with E-state index in [1.165, 1.54) is 19.1 Å². The highest BCUT2D eigenvalue weighted by atomic mass is 79.9. The minimum absolute atomic E-state index is 0.0342. The average molecular weight is 593 g/mol. The van der Waals surface area contributed by atoms with Crippen molar-refractivity contribution in [1.82, 2.24) is 0 Å². The van der Waals surface area contributed by atoms with Crippen molar-refractivity contribution in [3.8, 4) is 0 Å². The Morgan fingerprint density at radius 2 is 1.88 bits per heavy atom. The van der Waals surface area contributed by atoms with Crippen molar-refractivity contribution in [2.24, 2.45) is 5.92 Å². The third kappa shape index (κ3) is 6.94. The van der Waals surface area contributed by atoms with Gasteiger partial charge in [-0.25, -0.2) is 13.6 Å². The number of esters is 1. The number of carbonyl (C=O) groups is 2. The number of ether oxygens (including phenoxy) is 1. The standard InChI is InChI=1S/C11H12BrFN2O4.C10H9BrFNO/c1-3-19-11(16)6(2)14-10-8(12)4-7(13)5-9(10)15(17)18;1-5-2-7-8(11)3-6(12)4-9(7)13-10(5)14/h4-6,14H,3H2,1-2H3;3-5H,2H2,1H3,(H,13,14). The van der Waals surface area contributed by atoms with Gasteiger partial charge in [0.05, 0.1) is 22.1 Å². The van der Waals surface area contributed by atoms with Crippen LogP contribution in [0.5, 0.6) is 0 Å². The number of benzene rings is 2. The Morgan fingerprint density at radius 3 is 2.48 bits per heavy atom. The predicted octanol–water partition coefficient (Wildman–Crippen LogP) is 5.58. The second-order valence-corrected chi connectivity index (χ2v) is 8.87. The van der Waals surface area contributed by atoms with Crippen LogP contribution in [0.15, 0.2) is 33.2 Å². The summed E-state index contributed by atoms with van der Waals surface area (Å²) in [6, 6.07) is 3.84. The molecule has 2 aromatic carbocycles. The van der Waals surface area contributed by atoms with Gasteiger partial charge in [-0.2, -0.15) is 0 Å². The first kappa shape index (κ1) is 26.7. The summed E-state index contributed by atoms with van der Waals surface area (Å²) in [6.07, 6.45) is 0.655. The van der Waals surface area contributed by atoms with Crippen LogP contribution in [0.25, 0.3) is 0 Å². The molecule has 178 valence electrons. The molecule has 2 unspecified atom stereocenters. The summed E-state index contributed by atoms with van der Waals surface area (Å²) in [5, 5.41) is 16.2. The quantitative estimate of drug-likeness (QED) is 0.266. The van der Waals surface area contributed by atoms with E-state index in [1.54, 1.807) is 6.92 Å². The Kier molecular flexibility index (Phi) is 9.29. The second-order valence-electron chi connectivity index (χ2n) is 7.17. The van der Waals surface area contributed by atoms with Crippen LogP contribution in [-0.4, -0.2) is 29.4 Å². The topological polar surface area (TPSA) is 111 Å². The SMILES string of the molecule is CC1Cc2c(Br)cc(F)cc2NC1=O.CCOC(=O)C(C)Nc1c(Br)cc(F)cc1[N+](=O)[O-]. The Labute approximate surface area is 205 Å². The van der Waals surface area contributed by atoms with Crippen LogP contribution in [0.4, 0.5) is 25.8 Å². The van der Waals surface area contributed by atoms with Crippen LogP contribution in [-0.2, 0) is 20.7 Å². The van der Waals surface area contributed by atoms with Crippen LogP contribution >= 0.6 is 31.9 Å². The fraction of sp³-hybridized carbons (Fsp3) is 0.333. The zero-order valence-corrected chi connectivity index (χ0v) is 21.1. The van der Waals surface area contributed by atoms with E-state index in [0.29, 0.717) is 12.1 Å². The van der Waals surface area contributed by atoms with Crippen LogP contribution in [0.3, 0.4) is 0 Å². The summed E-state index contributed by atoms with van der Waals surface area (Å²) in [7, 11) is 0. The summed E-state index contributed by atoms with van der Waals surface area (Å²) in [6.45, 7) is 5.21. The lowest BCUT2D eigenvalue weighted by atomic mass is 9.95. The number of carbonyl (C=O) groups excluding carboxylic acids is 2. The maximum Gasteiger partial charge on any atom is 0.328 e. The molecule has 0 saturated heterocycles. The van der Waals surface area contributed by atoms with E-state index in [1.807, 2.05) is 6.92 Å². The highest BCUT2D eigenvalue weighted by Crippen LogP contribution is 2.34. The fourth-order valence-corrected chi connectivity index (χ4v) is 4.10. The van der Waals surface area contributed by atoms with Gasteiger partial charge < -0.3 is 15.4 Å². The molecule has 1 amide bonds. The number of amides is 1. The van der Waals surface area contributed by atoms with Crippen molar-refractivity contribution >= 4 is 60.8 Å². The summed E-state index contributed by atoms with van der Waals surface area (Å²) in [5.41, 5.74) is 1.13. The Morgan fingerprint density at radius 1 is 1.27 bits per heavy atom. The molecule has 0 aromatic heterocycles. The molecule has 0 fully saturated rings. The van der Waals surface area contributed by atoms with E-state index >= 15 is 0 Å². The Balaban J connectivity index is 0.000000243. The van der Waals surface area contributed by atoms with Gasteiger partial charge >= 0.3 is 5.97 Å². The lowest BCUT2D eigenvalue weighted by Crippen LogP contribution is -2.28. The van der Waals surface area contributed by atoms with Gasteiger partial charge in [-0.05, 0) is 60.0 Å². The molecule has 0 saturated carbocycles. The summed E-state index contributed by atoms with van der Waals surface area (Å²) >= 11 is 6.31. The van der Waals surface area contributed by atoms with Gasteiger partial charge in [0.2, 0.25) is 5.91 Å². The molecule has 2 N–H and O–H groups in total. The maximum absolute atomic E-state index is 13.1. The number of halogens is 4. The number of anilines is 2. The largest absolute Gasteiger partial charge is 0.464 e. The molecule has 2 atom stereocenters. The number of nitro benzene ring substituents is 1. The highest BCUT2D eigenvalue weighted by molar-refractivity contribution is 9.11. The predicted molar refractivity (Wildman–Crippen MR) is 126 cm³/mol. The monoisotopic (exact) mass is 591 g/mol. The van der Waals surface area contributed by atoms with Gasteiger partial charge in [0.25, 0.3) is 5.69 Å². The third-order valence-electron chi connectivity index (χ3n) is 4.61. The molecule has 3 rings (SSSR count). The molecule has 1 aliphatic rings. The zero-order chi connectivity index (χ0) is 24.9. The minimum atomic E-state index is -0.791. The first-order valence-corrected chi connectivity index (χ1v) is 11.4. The molecule has 12 heteroatoms. The van der Waals surface area contributed by atoms with Crippen molar-refractivity contribution < 1.29 is 28.0 Å². The lowest BCUT2D eigenvalue weighted by Gasteiger charge is -2.22. The van der Waals surface area contributed by atoms with Crippen LogP contribution in [0, 0.1) is 27.7 Å². The summed E-state index contributed by atoms with van der Waals surface area (Å²) < 4.78 is 31.8. The highest BCUT2D eigenvalue weighted by Gasteiger charge is 2.25. The number of fused-ring (bicyclic) bond motifs is 1. The van der Waals surface area contributed by atoms with Gasteiger partial charge in [0, 0.05) is 16.1 Å².